The molecular weight excluding hydrogens is 106 g/mol. The number of hydrogen-bond donors (Lipinski definition) is 0. The van der Waals surface area contributed by atoms with E-state index in [1.807, 2.05) is 11.8 Å². The van der Waals surface area contributed by atoms with Crippen LogP contribution in [0.5, 0.6) is 0 Å². The van der Waals surface area contributed by atoms with Crippen molar-refractivity contribution >= 4 is 11.8 Å². The summed E-state index contributed by atoms with van der Waals surface area (Å²) in [6.45, 7) is 1.20. The lowest BCUT2D eigenvalue weighted by molar-refractivity contribution is 0.437. The molecular formula is C5H13NS. The monoisotopic (exact) mass is 119 g/mol. The SMILES string of the molecule is CSCCN(C)C. The molecule has 0 spiro atoms. The normalized spacial score (nSPS) is 10.3. The topological polar surface area (TPSA) is 3.24 Å². The largest absolute Gasteiger partial charge is 0.309 e. The molecule has 0 radical (unpaired) electrons. The van der Waals surface area contributed by atoms with Crippen molar-refractivity contribution in [3.63, 3.8) is 0 Å². The molecule has 0 fully saturated rings. The Balaban J connectivity index is 2.68. The summed E-state index contributed by atoms with van der Waals surface area (Å²) in [6, 6.07) is 0. The summed E-state index contributed by atoms with van der Waals surface area (Å²) in [4.78, 5) is 2.19. The van der Waals surface area contributed by atoms with Gasteiger partial charge in [-0.3, -0.25) is 0 Å². The summed E-state index contributed by atoms with van der Waals surface area (Å²) in [5.41, 5.74) is 0. The van der Waals surface area contributed by atoms with Crippen LogP contribution in [0.1, 0.15) is 0 Å². The zero-order valence-electron chi connectivity index (χ0n) is 5.27. The van der Waals surface area contributed by atoms with Gasteiger partial charge < -0.3 is 4.90 Å². The van der Waals surface area contributed by atoms with Gasteiger partial charge in [0.1, 0.15) is 0 Å². The maximum Gasteiger partial charge on any atom is 0.00661 e. The predicted octanol–water partition coefficient (Wildman–Crippen LogP) is 0.911. The van der Waals surface area contributed by atoms with Crippen molar-refractivity contribution in [3.05, 3.63) is 0 Å². The van der Waals surface area contributed by atoms with Crippen molar-refractivity contribution in [2.24, 2.45) is 0 Å². The number of nitrogens with zero attached hydrogens (tertiary/aromatic N) is 1. The second-order valence-electron chi connectivity index (χ2n) is 1.80. The first-order valence-electron chi connectivity index (χ1n) is 2.41. The Hall–Kier alpha value is 0.310. The third-order valence-electron chi connectivity index (χ3n) is 0.743. The van der Waals surface area contributed by atoms with Crippen LogP contribution in [0.4, 0.5) is 0 Å². The minimum atomic E-state index is 1.20. The summed E-state index contributed by atoms with van der Waals surface area (Å²) < 4.78 is 0. The average molecular weight is 119 g/mol. The van der Waals surface area contributed by atoms with Crippen molar-refractivity contribution in [2.75, 3.05) is 32.6 Å². The fraction of sp³-hybridized carbons (Fsp3) is 1.00. The Morgan fingerprint density at radius 1 is 1.43 bits per heavy atom. The van der Waals surface area contributed by atoms with Gasteiger partial charge in [0.05, 0.1) is 0 Å². The van der Waals surface area contributed by atoms with E-state index in [2.05, 4.69) is 25.3 Å². The Morgan fingerprint density at radius 3 is 2.14 bits per heavy atom. The molecule has 0 N–H and O–H groups in total. The van der Waals surface area contributed by atoms with Crippen molar-refractivity contribution in [3.8, 4) is 0 Å². The first-order chi connectivity index (χ1) is 3.27. The molecule has 0 aromatic rings. The van der Waals surface area contributed by atoms with Gasteiger partial charge in [-0.2, -0.15) is 11.8 Å². The Morgan fingerprint density at radius 2 is 2.00 bits per heavy atom. The molecule has 0 heterocycles. The molecule has 0 saturated heterocycles. The number of hydrogen-bond acceptors (Lipinski definition) is 2. The first-order valence-corrected chi connectivity index (χ1v) is 3.80. The maximum atomic E-state index is 2.19. The second-order valence-corrected chi connectivity index (χ2v) is 2.78. The van der Waals surface area contributed by atoms with E-state index in [1.165, 1.54) is 12.3 Å². The van der Waals surface area contributed by atoms with Crippen LogP contribution in [0.15, 0.2) is 0 Å². The molecule has 0 aliphatic carbocycles. The van der Waals surface area contributed by atoms with E-state index in [0.717, 1.165) is 0 Å². The van der Waals surface area contributed by atoms with Crippen molar-refractivity contribution in [2.45, 2.75) is 0 Å². The quantitative estimate of drug-likeness (QED) is 0.543. The molecule has 0 bridgehead atoms. The summed E-state index contributed by atoms with van der Waals surface area (Å²) in [6.07, 6.45) is 2.13. The third kappa shape index (κ3) is 6.31. The van der Waals surface area contributed by atoms with Crippen LogP contribution < -0.4 is 0 Å². The molecule has 2 heteroatoms. The van der Waals surface area contributed by atoms with Crippen LogP contribution in [0.2, 0.25) is 0 Å². The molecule has 0 rings (SSSR count). The van der Waals surface area contributed by atoms with Crippen LogP contribution in [0.3, 0.4) is 0 Å². The van der Waals surface area contributed by atoms with E-state index in [4.69, 9.17) is 0 Å². The summed E-state index contributed by atoms with van der Waals surface area (Å²) in [5, 5.41) is 0. The van der Waals surface area contributed by atoms with E-state index in [-0.39, 0.29) is 0 Å². The molecule has 1 nitrogen and oxygen atoms in total. The van der Waals surface area contributed by atoms with Crippen LogP contribution >= 0.6 is 11.8 Å². The highest BCUT2D eigenvalue weighted by molar-refractivity contribution is 7.98. The van der Waals surface area contributed by atoms with Gasteiger partial charge in [0, 0.05) is 12.3 Å². The van der Waals surface area contributed by atoms with Gasteiger partial charge in [0.25, 0.3) is 0 Å². The van der Waals surface area contributed by atoms with Crippen LogP contribution in [0, 0.1) is 0 Å². The van der Waals surface area contributed by atoms with Gasteiger partial charge in [0.15, 0.2) is 0 Å². The van der Waals surface area contributed by atoms with E-state index in [9.17, 15) is 0 Å². The van der Waals surface area contributed by atoms with E-state index in [0.29, 0.717) is 0 Å². The molecule has 0 aliphatic rings. The maximum absolute atomic E-state index is 2.19. The molecule has 0 amide bonds. The van der Waals surface area contributed by atoms with Gasteiger partial charge in [-0.25, -0.2) is 0 Å². The summed E-state index contributed by atoms with van der Waals surface area (Å²) in [5.74, 6) is 1.24. The van der Waals surface area contributed by atoms with Gasteiger partial charge in [0.2, 0.25) is 0 Å². The molecule has 0 unspecified atom stereocenters. The third-order valence-corrected chi connectivity index (χ3v) is 1.33. The fourth-order valence-corrected chi connectivity index (χ4v) is 0.822. The van der Waals surface area contributed by atoms with Gasteiger partial charge in [-0.05, 0) is 20.4 Å². The van der Waals surface area contributed by atoms with E-state index in [1.54, 1.807) is 0 Å². The van der Waals surface area contributed by atoms with Crippen molar-refractivity contribution in [1.29, 1.82) is 0 Å². The zero-order valence-corrected chi connectivity index (χ0v) is 6.09. The number of thioether (sulfide) groups is 1. The molecule has 7 heavy (non-hydrogen) atoms. The van der Waals surface area contributed by atoms with Gasteiger partial charge in [-0.15, -0.1) is 0 Å². The molecule has 0 aliphatic heterocycles. The van der Waals surface area contributed by atoms with Crippen molar-refractivity contribution < 1.29 is 0 Å². The fourth-order valence-electron chi connectivity index (χ4n) is 0.274. The van der Waals surface area contributed by atoms with E-state index >= 15 is 0 Å². The minimum absolute atomic E-state index is 1.20. The second kappa shape index (κ2) is 4.47. The minimum Gasteiger partial charge on any atom is -0.309 e. The summed E-state index contributed by atoms with van der Waals surface area (Å²) in [7, 11) is 4.19. The van der Waals surface area contributed by atoms with Gasteiger partial charge >= 0.3 is 0 Å². The number of rotatable bonds is 3. The molecule has 0 saturated carbocycles. The Labute approximate surface area is 50.1 Å². The van der Waals surface area contributed by atoms with Crippen molar-refractivity contribution in [1.82, 2.24) is 4.90 Å². The van der Waals surface area contributed by atoms with Crippen LogP contribution in [-0.4, -0.2) is 37.5 Å². The predicted molar refractivity (Wildman–Crippen MR) is 36.9 cm³/mol. The highest BCUT2D eigenvalue weighted by Gasteiger charge is 1.83. The molecule has 0 aromatic heterocycles. The Kier molecular flexibility index (Phi) is 4.67. The van der Waals surface area contributed by atoms with E-state index < -0.39 is 0 Å². The summed E-state index contributed by atoms with van der Waals surface area (Å²) >= 11 is 1.89. The molecule has 44 valence electrons. The molecule has 0 aromatic carbocycles. The lowest BCUT2D eigenvalue weighted by Gasteiger charge is -2.05. The van der Waals surface area contributed by atoms with Crippen LogP contribution in [0.25, 0.3) is 0 Å². The lowest BCUT2D eigenvalue weighted by atomic mass is 10.7. The average Bonchev–Trinajstić information content (AvgIpc) is 1.61. The highest BCUT2D eigenvalue weighted by atomic mass is 32.2. The Bertz CT molecular complexity index is 37.1. The highest BCUT2D eigenvalue weighted by Crippen LogP contribution is 1.89. The smallest absolute Gasteiger partial charge is 0.00661 e. The van der Waals surface area contributed by atoms with Gasteiger partial charge in [-0.1, -0.05) is 0 Å². The van der Waals surface area contributed by atoms with Crippen LogP contribution in [-0.2, 0) is 0 Å². The standard InChI is InChI=1S/C5H13NS/c1-6(2)4-5-7-3/h4-5H2,1-3H3. The molecule has 0 atom stereocenters. The lowest BCUT2D eigenvalue weighted by Crippen LogP contribution is -2.14. The zero-order chi connectivity index (χ0) is 5.70. The first kappa shape index (κ1) is 7.31.